The van der Waals surface area contributed by atoms with Crippen LogP contribution in [0.3, 0.4) is 0 Å². The van der Waals surface area contributed by atoms with Crippen molar-refractivity contribution < 1.29 is 13.3 Å². The number of halogens is 1. The van der Waals surface area contributed by atoms with Crippen molar-refractivity contribution in [3.63, 3.8) is 0 Å². The molecule has 21 heavy (non-hydrogen) atoms. The number of nitro benzene ring substituents is 1. The molecule has 116 valence electrons. The summed E-state index contributed by atoms with van der Waals surface area (Å²) in [5.41, 5.74) is 5.60. The molecule has 9 heteroatoms. The number of benzene rings is 1. The molecule has 7 nitrogen and oxygen atoms in total. The summed E-state index contributed by atoms with van der Waals surface area (Å²) in [7, 11) is -3.95. The monoisotopic (exact) mass is 333 g/mol. The highest BCUT2D eigenvalue weighted by Gasteiger charge is 2.35. The zero-order valence-electron chi connectivity index (χ0n) is 11.4. The molecule has 0 heterocycles. The summed E-state index contributed by atoms with van der Waals surface area (Å²) in [6, 6.07) is 2.19. The van der Waals surface area contributed by atoms with Crippen molar-refractivity contribution in [2.45, 2.75) is 30.7 Å². The van der Waals surface area contributed by atoms with Crippen LogP contribution in [0.15, 0.2) is 17.0 Å². The summed E-state index contributed by atoms with van der Waals surface area (Å²) >= 11 is 5.89. The largest absolute Gasteiger partial charge is 0.329 e. The second kappa shape index (κ2) is 5.88. The molecule has 1 aromatic rings. The van der Waals surface area contributed by atoms with Crippen LogP contribution >= 0.6 is 11.6 Å². The molecular formula is C12H16ClN3O4S. The Morgan fingerprint density at radius 3 is 2.62 bits per heavy atom. The first kappa shape index (κ1) is 16.2. The SMILES string of the molecule is Cc1cc([N+](=O)[O-])c(Cl)c(S(=O)(=O)NC(CN)C2CC2)c1. The van der Waals surface area contributed by atoms with Gasteiger partial charge in [-0.3, -0.25) is 10.1 Å². The minimum Gasteiger partial charge on any atom is -0.329 e. The molecule has 2 rings (SSSR count). The van der Waals surface area contributed by atoms with Crippen LogP contribution in [0.2, 0.25) is 5.02 Å². The van der Waals surface area contributed by atoms with Crippen molar-refractivity contribution in [3.8, 4) is 0 Å². The molecule has 0 spiro atoms. The van der Waals surface area contributed by atoms with Gasteiger partial charge >= 0.3 is 0 Å². The second-order valence-electron chi connectivity index (χ2n) is 5.15. The van der Waals surface area contributed by atoms with E-state index < -0.39 is 20.6 Å². The quantitative estimate of drug-likeness (QED) is 0.605. The number of rotatable bonds is 6. The van der Waals surface area contributed by atoms with Crippen molar-refractivity contribution in [2.24, 2.45) is 11.7 Å². The Balaban J connectivity index is 2.41. The van der Waals surface area contributed by atoms with Crippen LogP contribution in [0.25, 0.3) is 0 Å². The van der Waals surface area contributed by atoms with Gasteiger partial charge in [0.05, 0.1) is 4.92 Å². The van der Waals surface area contributed by atoms with E-state index in [1.54, 1.807) is 6.92 Å². The lowest BCUT2D eigenvalue weighted by Crippen LogP contribution is -2.41. The fourth-order valence-electron chi connectivity index (χ4n) is 2.14. The number of sulfonamides is 1. The molecule has 0 amide bonds. The summed E-state index contributed by atoms with van der Waals surface area (Å²) < 4.78 is 27.3. The predicted octanol–water partition coefficient (Wildman–Crippen LogP) is 1.57. The van der Waals surface area contributed by atoms with Gasteiger partial charge in [0, 0.05) is 18.7 Å². The summed E-state index contributed by atoms with van der Waals surface area (Å²) in [5.74, 6) is 0.225. The van der Waals surface area contributed by atoms with E-state index in [9.17, 15) is 18.5 Å². The van der Waals surface area contributed by atoms with Gasteiger partial charge in [-0.25, -0.2) is 13.1 Å². The topological polar surface area (TPSA) is 115 Å². The van der Waals surface area contributed by atoms with Crippen molar-refractivity contribution in [3.05, 3.63) is 32.8 Å². The molecular weight excluding hydrogens is 318 g/mol. The zero-order chi connectivity index (χ0) is 15.8. The van der Waals surface area contributed by atoms with E-state index in [0.29, 0.717) is 5.56 Å². The van der Waals surface area contributed by atoms with Gasteiger partial charge in [-0.05, 0) is 37.3 Å². The maximum atomic E-state index is 12.4. The van der Waals surface area contributed by atoms with Crippen molar-refractivity contribution in [1.29, 1.82) is 0 Å². The average Bonchev–Trinajstić information content (AvgIpc) is 3.22. The normalized spacial score (nSPS) is 16.7. The summed E-state index contributed by atoms with van der Waals surface area (Å²) in [5, 5.41) is 10.6. The molecule has 1 atom stereocenters. The number of nitrogens with two attached hydrogens (primary N) is 1. The first-order valence-corrected chi connectivity index (χ1v) is 8.29. The number of nitrogens with one attached hydrogen (secondary N) is 1. The van der Waals surface area contributed by atoms with E-state index in [-0.39, 0.29) is 28.4 Å². The standard InChI is InChI=1S/C12H16ClN3O4S/c1-7-4-10(16(17)18)12(13)11(5-7)21(19,20)15-9(6-14)8-2-3-8/h4-5,8-9,15H,2-3,6,14H2,1H3. The van der Waals surface area contributed by atoms with Gasteiger partial charge < -0.3 is 5.73 Å². The summed E-state index contributed by atoms with van der Waals surface area (Å²) in [4.78, 5) is 9.95. The van der Waals surface area contributed by atoms with Crippen LogP contribution in [-0.4, -0.2) is 25.9 Å². The molecule has 1 aliphatic rings. The van der Waals surface area contributed by atoms with E-state index in [0.717, 1.165) is 12.8 Å². The lowest BCUT2D eigenvalue weighted by Gasteiger charge is -2.17. The Hall–Kier alpha value is -1.22. The Kier molecular flexibility index (Phi) is 4.52. The molecule has 0 saturated heterocycles. The Bertz CT molecular complexity index is 673. The molecule has 0 aliphatic heterocycles. The smallest absolute Gasteiger partial charge is 0.289 e. The highest BCUT2D eigenvalue weighted by atomic mass is 35.5. The Morgan fingerprint density at radius 2 is 2.14 bits per heavy atom. The van der Waals surface area contributed by atoms with Gasteiger partial charge in [-0.15, -0.1) is 0 Å². The lowest BCUT2D eigenvalue weighted by molar-refractivity contribution is -0.385. The molecule has 1 aromatic carbocycles. The maximum absolute atomic E-state index is 12.4. The lowest BCUT2D eigenvalue weighted by atomic mass is 10.2. The first-order valence-electron chi connectivity index (χ1n) is 6.43. The molecule has 1 fully saturated rings. The highest BCUT2D eigenvalue weighted by molar-refractivity contribution is 7.89. The number of nitrogens with zero attached hydrogens (tertiary/aromatic N) is 1. The second-order valence-corrected chi connectivity index (χ2v) is 7.21. The van der Waals surface area contributed by atoms with E-state index in [1.165, 1.54) is 12.1 Å². The van der Waals surface area contributed by atoms with E-state index in [4.69, 9.17) is 17.3 Å². The fourth-order valence-corrected chi connectivity index (χ4v) is 4.12. The van der Waals surface area contributed by atoms with E-state index in [1.807, 2.05) is 0 Å². The minimum absolute atomic E-state index is 0.176. The van der Waals surface area contributed by atoms with Gasteiger partial charge in [-0.1, -0.05) is 11.6 Å². The highest BCUT2D eigenvalue weighted by Crippen LogP contribution is 2.35. The van der Waals surface area contributed by atoms with Gasteiger partial charge in [0.15, 0.2) is 0 Å². The third-order valence-electron chi connectivity index (χ3n) is 3.40. The molecule has 1 aliphatic carbocycles. The Morgan fingerprint density at radius 1 is 1.52 bits per heavy atom. The van der Waals surface area contributed by atoms with Crippen LogP contribution in [0.4, 0.5) is 5.69 Å². The molecule has 0 radical (unpaired) electrons. The van der Waals surface area contributed by atoms with Crippen LogP contribution in [0, 0.1) is 23.0 Å². The number of hydrogen-bond acceptors (Lipinski definition) is 5. The van der Waals surface area contributed by atoms with Crippen molar-refractivity contribution >= 4 is 27.3 Å². The number of aryl methyl sites for hydroxylation is 1. The number of hydrogen-bond donors (Lipinski definition) is 2. The molecule has 0 bridgehead atoms. The van der Waals surface area contributed by atoms with Gasteiger partial charge in [0.25, 0.3) is 5.69 Å². The minimum atomic E-state index is -3.95. The molecule has 1 unspecified atom stereocenters. The zero-order valence-corrected chi connectivity index (χ0v) is 12.9. The van der Waals surface area contributed by atoms with Crippen LogP contribution in [-0.2, 0) is 10.0 Å². The Labute approximate surface area is 127 Å². The summed E-state index contributed by atoms with van der Waals surface area (Å²) in [6.45, 7) is 1.75. The van der Waals surface area contributed by atoms with Crippen molar-refractivity contribution in [1.82, 2.24) is 4.72 Å². The van der Waals surface area contributed by atoms with E-state index >= 15 is 0 Å². The molecule has 0 aromatic heterocycles. The van der Waals surface area contributed by atoms with Gasteiger partial charge in [0.2, 0.25) is 10.0 Å². The maximum Gasteiger partial charge on any atom is 0.289 e. The number of nitro groups is 1. The predicted molar refractivity (Wildman–Crippen MR) is 78.7 cm³/mol. The van der Waals surface area contributed by atoms with E-state index in [2.05, 4.69) is 4.72 Å². The first-order chi connectivity index (χ1) is 9.76. The fraction of sp³-hybridized carbons (Fsp3) is 0.500. The van der Waals surface area contributed by atoms with Gasteiger partial charge in [-0.2, -0.15) is 0 Å². The third kappa shape index (κ3) is 3.52. The van der Waals surface area contributed by atoms with Crippen LogP contribution in [0.5, 0.6) is 0 Å². The van der Waals surface area contributed by atoms with Gasteiger partial charge in [0.1, 0.15) is 9.92 Å². The molecule has 1 saturated carbocycles. The third-order valence-corrected chi connectivity index (χ3v) is 5.43. The van der Waals surface area contributed by atoms with Crippen molar-refractivity contribution in [2.75, 3.05) is 6.54 Å². The average molecular weight is 334 g/mol. The van der Waals surface area contributed by atoms with Crippen LogP contribution in [0.1, 0.15) is 18.4 Å². The van der Waals surface area contributed by atoms with Crippen LogP contribution < -0.4 is 10.5 Å². The summed E-state index contributed by atoms with van der Waals surface area (Å²) in [6.07, 6.45) is 1.85. The molecule has 3 N–H and O–H groups in total.